The van der Waals surface area contributed by atoms with Gasteiger partial charge < -0.3 is 9.47 Å². The molecule has 0 atom stereocenters. The Morgan fingerprint density at radius 2 is 1.69 bits per heavy atom. The van der Waals surface area contributed by atoms with E-state index in [4.69, 9.17) is 14.7 Å². The fourth-order valence-corrected chi connectivity index (χ4v) is 4.20. The van der Waals surface area contributed by atoms with Crippen molar-refractivity contribution in [3.8, 4) is 17.6 Å². The predicted octanol–water partition coefficient (Wildman–Crippen LogP) is 7.10. The number of allylic oxidation sites excluding steroid dienone is 1. The van der Waals surface area contributed by atoms with Gasteiger partial charge in [-0.05, 0) is 86.1 Å². The van der Waals surface area contributed by atoms with Crippen molar-refractivity contribution in [2.45, 2.75) is 58.3 Å². The number of hydrogen-bond donors (Lipinski definition) is 0. The number of carbonyl (C=O) groups is 1. The van der Waals surface area contributed by atoms with E-state index in [-0.39, 0.29) is 0 Å². The number of unbranched alkanes of at least 4 members (excludes halogenated alkanes) is 2. The SMILES string of the molecule is CCCCCC1CCC(C=CCOc2ccc(C(=O)Oc3ccc(C#N)cc3)cc2)CC1. The highest BCUT2D eigenvalue weighted by atomic mass is 16.5. The molecule has 1 fully saturated rings. The molecule has 2 aromatic rings. The van der Waals surface area contributed by atoms with Crippen molar-refractivity contribution in [3.63, 3.8) is 0 Å². The molecule has 168 valence electrons. The number of benzene rings is 2. The van der Waals surface area contributed by atoms with Crippen LogP contribution in [0.1, 0.15) is 74.2 Å². The lowest BCUT2D eigenvalue weighted by Crippen LogP contribution is -2.13. The highest BCUT2D eigenvalue weighted by Gasteiger charge is 2.18. The summed E-state index contributed by atoms with van der Waals surface area (Å²) in [5.41, 5.74) is 0.975. The monoisotopic (exact) mass is 431 g/mol. The van der Waals surface area contributed by atoms with Crippen LogP contribution in [0, 0.1) is 23.2 Å². The van der Waals surface area contributed by atoms with Crippen LogP contribution < -0.4 is 9.47 Å². The Kier molecular flexibility index (Phi) is 9.37. The Balaban J connectivity index is 1.37. The summed E-state index contributed by atoms with van der Waals surface area (Å²) in [4.78, 5) is 12.3. The van der Waals surface area contributed by atoms with Crippen molar-refractivity contribution in [1.82, 2.24) is 0 Å². The molecular weight excluding hydrogens is 398 g/mol. The first-order valence-electron chi connectivity index (χ1n) is 11.8. The molecule has 1 saturated carbocycles. The molecule has 2 aromatic carbocycles. The molecule has 4 nitrogen and oxygen atoms in total. The molecule has 0 bridgehead atoms. The molecule has 0 saturated heterocycles. The van der Waals surface area contributed by atoms with Gasteiger partial charge in [-0.1, -0.05) is 44.8 Å². The van der Waals surface area contributed by atoms with Gasteiger partial charge in [0.25, 0.3) is 0 Å². The molecule has 0 radical (unpaired) electrons. The van der Waals surface area contributed by atoms with Crippen molar-refractivity contribution < 1.29 is 14.3 Å². The minimum Gasteiger partial charge on any atom is -0.490 e. The lowest BCUT2D eigenvalue weighted by Gasteiger charge is -2.26. The molecule has 0 unspecified atom stereocenters. The van der Waals surface area contributed by atoms with E-state index in [0.29, 0.717) is 29.4 Å². The molecule has 0 spiro atoms. The fraction of sp³-hybridized carbons (Fsp3) is 0.429. The van der Waals surface area contributed by atoms with Crippen LogP contribution in [-0.4, -0.2) is 12.6 Å². The van der Waals surface area contributed by atoms with Crippen LogP contribution in [0.4, 0.5) is 0 Å². The smallest absolute Gasteiger partial charge is 0.343 e. The Labute approximate surface area is 191 Å². The van der Waals surface area contributed by atoms with Gasteiger partial charge in [-0.3, -0.25) is 0 Å². The minimum atomic E-state index is -0.438. The summed E-state index contributed by atoms with van der Waals surface area (Å²) in [5.74, 6) is 2.31. The van der Waals surface area contributed by atoms with Crippen molar-refractivity contribution in [3.05, 3.63) is 71.8 Å². The zero-order valence-electron chi connectivity index (χ0n) is 19.0. The van der Waals surface area contributed by atoms with Crippen LogP contribution in [0.2, 0.25) is 0 Å². The Bertz CT molecular complexity index is 901. The first-order valence-corrected chi connectivity index (χ1v) is 11.8. The van der Waals surface area contributed by atoms with E-state index < -0.39 is 5.97 Å². The Morgan fingerprint density at radius 1 is 1.00 bits per heavy atom. The molecule has 1 aliphatic carbocycles. The van der Waals surface area contributed by atoms with Gasteiger partial charge in [0.1, 0.15) is 18.1 Å². The summed E-state index contributed by atoms with van der Waals surface area (Å²) >= 11 is 0. The molecule has 3 rings (SSSR count). The molecule has 0 N–H and O–H groups in total. The number of nitrogens with zero attached hydrogens (tertiary/aromatic N) is 1. The van der Waals surface area contributed by atoms with Gasteiger partial charge in [0.15, 0.2) is 0 Å². The first kappa shape index (κ1) is 23.6. The molecule has 0 heterocycles. The number of nitriles is 1. The van der Waals surface area contributed by atoms with E-state index in [1.54, 1.807) is 48.5 Å². The number of carbonyl (C=O) groups excluding carboxylic acids is 1. The molecule has 1 aliphatic rings. The summed E-state index contributed by atoms with van der Waals surface area (Å²) in [6.07, 6.45) is 15.2. The lowest BCUT2D eigenvalue weighted by molar-refractivity contribution is 0.0734. The second-order valence-corrected chi connectivity index (χ2v) is 8.57. The van der Waals surface area contributed by atoms with Crippen LogP contribution >= 0.6 is 0 Å². The third-order valence-corrected chi connectivity index (χ3v) is 6.15. The van der Waals surface area contributed by atoms with E-state index in [0.717, 1.165) is 11.7 Å². The lowest BCUT2D eigenvalue weighted by atomic mass is 9.79. The second-order valence-electron chi connectivity index (χ2n) is 8.57. The maximum absolute atomic E-state index is 12.3. The Morgan fingerprint density at radius 3 is 2.34 bits per heavy atom. The van der Waals surface area contributed by atoms with E-state index >= 15 is 0 Å². The van der Waals surface area contributed by atoms with Crippen molar-refractivity contribution in [1.29, 1.82) is 5.26 Å². The number of esters is 1. The highest BCUT2D eigenvalue weighted by Crippen LogP contribution is 2.32. The van der Waals surface area contributed by atoms with Crippen LogP contribution in [0.5, 0.6) is 11.5 Å². The van der Waals surface area contributed by atoms with Gasteiger partial charge in [-0.15, -0.1) is 0 Å². The number of ether oxygens (including phenoxy) is 2. The summed E-state index contributed by atoms with van der Waals surface area (Å²) in [6, 6.07) is 15.5. The summed E-state index contributed by atoms with van der Waals surface area (Å²) in [6.45, 7) is 2.80. The first-order chi connectivity index (χ1) is 15.7. The van der Waals surface area contributed by atoms with Crippen LogP contribution in [0.3, 0.4) is 0 Å². The summed E-state index contributed by atoms with van der Waals surface area (Å²) in [7, 11) is 0. The Hall–Kier alpha value is -3.06. The number of rotatable bonds is 10. The van der Waals surface area contributed by atoms with Gasteiger partial charge in [0, 0.05) is 0 Å². The second kappa shape index (κ2) is 12.7. The average Bonchev–Trinajstić information content (AvgIpc) is 2.84. The van der Waals surface area contributed by atoms with Crippen molar-refractivity contribution in [2.24, 2.45) is 11.8 Å². The maximum Gasteiger partial charge on any atom is 0.343 e. The zero-order chi connectivity index (χ0) is 22.6. The van der Waals surface area contributed by atoms with Gasteiger partial charge in [-0.2, -0.15) is 5.26 Å². The van der Waals surface area contributed by atoms with E-state index in [9.17, 15) is 4.79 Å². The van der Waals surface area contributed by atoms with E-state index in [1.807, 2.05) is 6.07 Å². The largest absolute Gasteiger partial charge is 0.490 e. The molecular formula is C28H33NO3. The van der Waals surface area contributed by atoms with Gasteiger partial charge in [-0.25, -0.2) is 4.79 Å². The van der Waals surface area contributed by atoms with Gasteiger partial charge >= 0.3 is 5.97 Å². The standard InChI is InChI=1S/C28H33NO3/c1-2-3-4-6-22-8-10-23(11-9-22)7-5-20-31-26-18-14-25(15-19-26)28(30)32-27-16-12-24(21-29)13-17-27/h5,7,12-19,22-23H,2-4,6,8-11,20H2,1H3. The van der Waals surface area contributed by atoms with E-state index in [1.165, 1.54) is 51.4 Å². The summed E-state index contributed by atoms with van der Waals surface area (Å²) < 4.78 is 11.1. The fourth-order valence-electron chi connectivity index (χ4n) is 4.20. The van der Waals surface area contributed by atoms with Crippen molar-refractivity contribution in [2.75, 3.05) is 6.61 Å². The van der Waals surface area contributed by atoms with Crippen molar-refractivity contribution >= 4 is 5.97 Å². The third kappa shape index (κ3) is 7.57. The van der Waals surface area contributed by atoms with Crippen LogP contribution in [-0.2, 0) is 0 Å². The molecule has 32 heavy (non-hydrogen) atoms. The molecule has 0 amide bonds. The topological polar surface area (TPSA) is 59.3 Å². The molecule has 0 aliphatic heterocycles. The van der Waals surface area contributed by atoms with Gasteiger partial charge in [0.05, 0.1) is 17.2 Å². The summed E-state index contributed by atoms with van der Waals surface area (Å²) in [5, 5.41) is 8.83. The zero-order valence-corrected chi connectivity index (χ0v) is 19.0. The third-order valence-electron chi connectivity index (χ3n) is 6.15. The highest BCUT2D eigenvalue weighted by molar-refractivity contribution is 5.91. The number of hydrogen-bond acceptors (Lipinski definition) is 4. The maximum atomic E-state index is 12.3. The van der Waals surface area contributed by atoms with Gasteiger partial charge in [0.2, 0.25) is 0 Å². The quantitative estimate of drug-likeness (QED) is 0.174. The normalized spacial score (nSPS) is 18.2. The average molecular weight is 432 g/mol. The molecule has 4 heteroatoms. The minimum absolute atomic E-state index is 0.412. The predicted molar refractivity (Wildman–Crippen MR) is 127 cm³/mol. The van der Waals surface area contributed by atoms with Crippen LogP contribution in [0.15, 0.2) is 60.7 Å². The molecule has 0 aromatic heterocycles. The van der Waals surface area contributed by atoms with E-state index in [2.05, 4.69) is 19.1 Å². The van der Waals surface area contributed by atoms with Crippen LogP contribution in [0.25, 0.3) is 0 Å².